The number of Topliss-reactive ketones (excluding diaryl/α,β-unsaturated/α-hetero) is 1. The van der Waals surface area contributed by atoms with E-state index in [9.17, 15) is 43.5 Å². The predicted molar refractivity (Wildman–Crippen MR) is 202 cm³/mol. The summed E-state index contributed by atoms with van der Waals surface area (Å²) in [5, 5.41) is 19.5. The van der Waals surface area contributed by atoms with Crippen molar-refractivity contribution in [3.8, 4) is 0 Å². The van der Waals surface area contributed by atoms with Crippen molar-refractivity contribution in [3.05, 3.63) is 0 Å². The maximum absolute atomic E-state index is 13.2. The third-order valence-electron chi connectivity index (χ3n) is 8.99. The topological polar surface area (TPSA) is 257 Å². The quantitative estimate of drug-likeness (QED) is 0.0484. The number of primary amides is 2. The molecule has 0 bridgehead atoms. The number of hydrogen-bond donors (Lipinski definition) is 7. The Morgan fingerprint density at radius 3 is 1.53 bits per heavy atom. The first-order valence-corrected chi connectivity index (χ1v) is 19.6. The molecule has 0 unspecified atom stereocenters. The van der Waals surface area contributed by atoms with Crippen LogP contribution in [0.25, 0.3) is 0 Å². The van der Waals surface area contributed by atoms with Crippen molar-refractivity contribution in [2.75, 3.05) is 0 Å². The number of ketones is 1. The number of carbonyl (C=O) groups excluding carboxylic acids is 7. The molecule has 15 heteroatoms. The lowest BCUT2D eigenvalue weighted by Crippen LogP contribution is -2.56. The van der Waals surface area contributed by atoms with Crippen molar-refractivity contribution in [1.82, 2.24) is 21.3 Å². The van der Waals surface area contributed by atoms with Crippen LogP contribution in [0.2, 0.25) is 0 Å². The van der Waals surface area contributed by atoms with E-state index in [1.54, 1.807) is 20.8 Å². The van der Waals surface area contributed by atoms with Crippen LogP contribution in [0, 0.1) is 5.92 Å². The molecular weight excluding hydrogens is 684 g/mol. The summed E-state index contributed by atoms with van der Waals surface area (Å²) >= 11 is 0. The monoisotopic (exact) mass is 753 g/mol. The van der Waals surface area contributed by atoms with E-state index in [4.69, 9.17) is 11.5 Å². The number of carboxylic acid groups (broad SMARTS) is 1. The molecule has 0 heterocycles. The maximum atomic E-state index is 13.2. The molecule has 0 radical (unpaired) electrons. The lowest BCUT2D eigenvalue weighted by Gasteiger charge is -2.26. The highest BCUT2D eigenvalue weighted by Gasteiger charge is 2.30. The van der Waals surface area contributed by atoms with Gasteiger partial charge < -0.3 is 37.8 Å². The Labute approximate surface area is 315 Å². The molecule has 0 saturated carbocycles. The Balaban J connectivity index is 4.97. The van der Waals surface area contributed by atoms with Gasteiger partial charge in [-0.1, -0.05) is 97.8 Å². The van der Waals surface area contributed by atoms with Crippen LogP contribution in [-0.4, -0.2) is 76.5 Å². The van der Waals surface area contributed by atoms with Crippen LogP contribution in [0.5, 0.6) is 0 Å². The number of unbranched alkanes of at least 4 members (excludes halogenated alkanes) is 12. The zero-order valence-corrected chi connectivity index (χ0v) is 32.6. The van der Waals surface area contributed by atoms with E-state index >= 15 is 0 Å². The average molecular weight is 753 g/mol. The van der Waals surface area contributed by atoms with E-state index in [0.29, 0.717) is 12.8 Å². The molecule has 0 aromatic rings. The number of carboxylic acids is 1. The fourth-order valence-electron chi connectivity index (χ4n) is 5.78. The highest BCUT2D eigenvalue weighted by Crippen LogP contribution is 2.13. The van der Waals surface area contributed by atoms with Crippen molar-refractivity contribution < 1.29 is 43.5 Å². The molecule has 6 amide bonds. The number of hydrogen-bond acceptors (Lipinski definition) is 8. The largest absolute Gasteiger partial charge is 0.481 e. The Kier molecular flexibility index (Phi) is 27.2. The first kappa shape index (κ1) is 49.0. The zero-order chi connectivity index (χ0) is 40.2. The van der Waals surface area contributed by atoms with Crippen LogP contribution in [0.4, 0.5) is 0 Å². The summed E-state index contributed by atoms with van der Waals surface area (Å²) in [6.07, 6.45) is 13.6. The summed E-state index contributed by atoms with van der Waals surface area (Å²) < 4.78 is 0. The second-order valence-electron chi connectivity index (χ2n) is 14.4. The normalized spacial score (nSPS) is 13.3. The highest BCUT2D eigenvalue weighted by molar-refractivity contribution is 5.96. The molecule has 0 fully saturated rings. The number of nitrogens with two attached hydrogens (primary N) is 2. The number of rotatable bonds is 33. The van der Waals surface area contributed by atoms with Crippen molar-refractivity contribution in [1.29, 1.82) is 0 Å². The molecule has 53 heavy (non-hydrogen) atoms. The van der Waals surface area contributed by atoms with Crippen molar-refractivity contribution in [2.24, 2.45) is 17.4 Å². The van der Waals surface area contributed by atoms with Crippen molar-refractivity contribution >= 4 is 47.2 Å². The molecule has 0 aromatic heterocycles. The van der Waals surface area contributed by atoms with E-state index in [1.807, 2.05) is 0 Å². The fourth-order valence-corrected chi connectivity index (χ4v) is 5.78. The third kappa shape index (κ3) is 26.4. The van der Waals surface area contributed by atoms with E-state index in [0.717, 1.165) is 19.3 Å². The standard InChI is InChI=1S/C38H68N6O9/c1-5-6-7-8-9-10-11-12-13-14-15-16-17-18-33(48)43-29(25-32(40)47)30(45)21-23-34(49)42-28(20-24-35(50)51)37(52)44-36(26(2)3)38(53)41-27(4)19-22-31(39)46/h26-29,36H,5-25H2,1-4H3,(H2,39,46)(H2,40,47)(H,41,53)(H,42,49)(H,43,48)(H,44,52)(H,50,51)/t27-,28+,29+,36+/m1/s1. The average Bonchev–Trinajstić information content (AvgIpc) is 3.08. The molecule has 0 aliphatic carbocycles. The minimum Gasteiger partial charge on any atom is -0.481 e. The summed E-state index contributed by atoms with van der Waals surface area (Å²) in [5.41, 5.74) is 10.5. The van der Waals surface area contributed by atoms with Gasteiger partial charge in [-0.3, -0.25) is 38.4 Å². The van der Waals surface area contributed by atoms with Crippen LogP contribution >= 0.6 is 0 Å². The van der Waals surface area contributed by atoms with Crippen LogP contribution in [0.1, 0.15) is 163 Å². The summed E-state index contributed by atoms with van der Waals surface area (Å²) in [6, 6.07) is -4.01. The molecule has 304 valence electrons. The van der Waals surface area contributed by atoms with Gasteiger partial charge in [-0.25, -0.2) is 0 Å². The van der Waals surface area contributed by atoms with Crippen molar-refractivity contribution in [2.45, 2.75) is 187 Å². The smallest absolute Gasteiger partial charge is 0.303 e. The molecule has 0 spiro atoms. The van der Waals surface area contributed by atoms with Gasteiger partial charge in [0.25, 0.3) is 0 Å². The molecular formula is C38H68N6O9. The lowest BCUT2D eigenvalue weighted by atomic mass is 10.0. The minimum absolute atomic E-state index is 0.0566. The Hall–Kier alpha value is -4.04. The minimum atomic E-state index is -1.34. The van der Waals surface area contributed by atoms with Gasteiger partial charge in [-0.2, -0.15) is 0 Å². The number of nitrogens with one attached hydrogen (secondary N) is 4. The van der Waals surface area contributed by atoms with E-state index in [-0.39, 0.29) is 25.7 Å². The molecule has 0 saturated heterocycles. The first-order chi connectivity index (χ1) is 25.1. The first-order valence-electron chi connectivity index (χ1n) is 19.6. The molecule has 15 nitrogen and oxygen atoms in total. The maximum Gasteiger partial charge on any atom is 0.303 e. The van der Waals surface area contributed by atoms with Gasteiger partial charge in [0.1, 0.15) is 12.1 Å². The van der Waals surface area contributed by atoms with Crippen LogP contribution in [-0.2, 0) is 38.4 Å². The number of carbonyl (C=O) groups is 8. The van der Waals surface area contributed by atoms with Crippen molar-refractivity contribution in [3.63, 3.8) is 0 Å². The molecule has 4 atom stereocenters. The Morgan fingerprint density at radius 1 is 0.528 bits per heavy atom. The summed E-state index contributed by atoms with van der Waals surface area (Å²) in [7, 11) is 0. The Morgan fingerprint density at radius 2 is 1.04 bits per heavy atom. The van der Waals surface area contributed by atoms with Gasteiger partial charge in [-0.15, -0.1) is 0 Å². The number of amides is 6. The SMILES string of the molecule is CCCCCCCCCCCCCCCC(=O)N[C@@H](CC(N)=O)C(=O)CCC(=O)N[C@@H](CCC(=O)O)C(=O)N[C@H](C(=O)N[C@H](C)CCC(N)=O)C(C)C. The van der Waals surface area contributed by atoms with Gasteiger partial charge >= 0.3 is 5.97 Å². The highest BCUT2D eigenvalue weighted by atomic mass is 16.4. The lowest BCUT2D eigenvalue weighted by molar-refractivity contribution is -0.138. The predicted octanol–water partition coefficient (Wildman–Crippen LogP) is 3.44. The van der Waals surface area contributed by atoms with Crippen LogP contribution in [0.15, 0.2) is 0 Å². The van der Waals surface area contributed by atoms with Gasteiger partial charge in [-0.05, 0) is 32.1 Å². The molecule has 9 N–H and O–H groups in total. The number of aliphatic carboxylic acids is 1. The van der Waals surface area contributed by atoms with Gasteiger partial charge in [0.15, 0.2) is 5.78 Å². The second kappa shape index (κ2) is 29.4. The fraction of sp³-hybridized carbons (Fsp3) is 0.789. The van der Waals surface area contributed by atoms with Gasteiger partial charge in [0, 0.05) is 38.1 Å². The Bertz CT molecular complexity index is 1160. The second-order valence-corrected chi connectivity index (χ2v) is 14.4. The van der Waals surface area contributed by atoms with E-state index in [2.05, 4.69) is 28.2 Å². The summed E-state index contributed by atoms with van der Waals surface area (Å²) in [4.78, 5) is 98.6. The van der Waals surface area contributed by atoms with Gasteiger partial charge in [0.2, 0.25) is 35.4 Å². The molecule has 0 aromatic carbocycles. The summed E-state index contributed by atoms with van der Waals surface area (Å²) in [6.45, 7) is 7.28. The van der Waals surface area contributed by atoms with E-state index < -0.39 is 96.5 Å². The molecule has 0 aliphatic heterocycles. The van der Waals surface area contributed by atoms with Gasteiger partial charge in [0.05, 0.1) is 12.5 Å². The molecule has 0 rings (SSSR count). The van der Waals surface area contributed by atoms with E-state index in [1.165, 1.54) is 57.8 Å². The molecule has 0 aliphatic rings. The van der Waals surface area contributed by atoms with Crippen LogP contribution in [0.3, 0.4) is 0 Å². The summed E-state index contributed by atoms with van der Waals surface area (Å²) in [5.74, 6) is -5.98. The van der Waals surface area contributed by atoms with Crippen LogP contribution < -0.4 is 32.7 Å². The third-order valence-corrected chi connectivity index (χ3v) is 8.99. The zero-order valence-electron chi connectivity index (χ0n) is 32.6.